The number of pyridine rings is 1. The second kappa shape index (κ2) is 4.06. The molecule has 1 aromatic heterocycles. The predicted octanol–water partition coefficient (Wildman–Crippen LogP) is 3.26. The van der Waals surface area contributed by atoms with Gasteiger partial charge < -0.3 is 5.73 Å². The van der Waals surface area contributed by atoms with Crippen LogP contribution in [0.25, 0.3) is 11.1 Å². The lowest BCUT2D eigenvalue weighted by Crippen LogP contribution is -1.94. The van der Waals surface area contributed by atoms with Crippen LogP contribution in [0.1, 0.15) is 0 Å². The van der Waals surface area contributed by atoms with Crippen molar-refractivity contribution in [2.45, 2.75) is 0 Å². The van der Waals surface area contributed by atoms with Crippen molar-refractivity contribution in [2.75, 3.05) is 5.73 Å². The van der Waals surface area contributed by atoms with E-state index in [0.717, 1.165) is 6.07 Å². The molecule has 0 radical (unpaired) electrons. The molecule has 1 heterocycles. The highest BCUT2D eigenvalue weighted by atomic mass is 35.5. The monoisotopic (exact) mass is 240 g/mol. The van der Waals surface area contributed by atoms with Gasteiger partial charge in [0.05, 0.1) is 5.02 Å². The van der Waals surface area contributed by atoms with Crippen LogP contribution in [0.15, 0.2) is 30.5 Å². The summed E-state index contributed by atoms with van der Waals surface area (Å²) < 4.78 is 26.0. The van der Waals surface area contributed by atoms with Crippen molar-refractivity contribution in [3.63, 3.8) is 0 Å². The van der Waals surface area contributed by atoms with Crippen molar-refractivity contribution in [3.8, 4) is 11.1 Å². The average Bonchev–Trinajstić information content (AvgIpc) is 2.20. The number of hydrogen-bond acceptors (Lipinski definition) is 2. The van der Waals surface area contributed by atoms with Crippen molar-refractivity contribution in [1.82, 2.24) is 4.98 Å². The molecule has 0 saturated heterocycles. The van der Waals surface area contributed by atoms with Gasteiger partial charge in [0.15, 0.2) is 0 Å². The summed E-state index contributed by atoms with van der Waals surface area (Å²) in [7, 11) is 0. The highest BCUT2D eigenvalue weighted by Crippen LogP contribution is 2.28. The van der Waals surface area contributed by atoms with E-state index in [-0.39, 0.29) is 5.82 Å². The van der Waals surface area contributed by atoms with Gasteiger partial charge in [-0.1, -0.05) is 11.6 Å². The fourth-order valence-electron chi connectivity index (χ4n) is 1.39. The van der Waals surface area contributed by atoms with Gasteiger partial charge in [-0.05, 0) is 23.8 Å². The van der Waals surface area contributed by atoms with E-state index in [1.54, 1.807) is 0 Å². The number of halogens is 3. The Morgan fingerprint density at radius 2 is 1.69 bits per heavy atom. The van der Waals surface area contributed by atoms with Crippen molar-refractivity contribution >= 4 is 17.4 Å². The van der Waals surface area contributed by atoms with Gasteiger partial charge in [0.25, 0.3) is 0 Å². The van der Waals surface area contributed by atoms with E-state index in [0.29, 0.717) is 16.1 Å². The minimum atomic E-state index is -0.672. The molecule has 0 spiro atoms. The second-order valence-electron chi connectivity index (χ2n) is 3.24. The van der Waals surface area contributed by atoms with E-state index in [4.69, 9.17) is 17.3 Å². The van der Waals surface area contributed by atoms with Gasteiger partial charge in [0.1, 0.15) is 17.5 Å². The lowest BCUT2D eigenvalue weighted by molar-refractivity contribution is 0.584. The lowest BCUT2D eigenvalue weighted by atomic mass is 10.1. The van der Waals surface area contributed by atoms with Gasteiger partial charge in [-0.15, -0.1) is 0 Å². The van der Waals surface area contributed by atoms with Crippen molar-refractivity contribution in [2.24, 2.45) is 0 Å². The molecule has 1 aromatic carbocycles. The van der Waals surface area contributed by atoms with Crippen LogP contribution in [0.2, 0.25) is 5.02 Å². The molecular weight excluding hydrogens is 234 g/mol. The number of benzene rings is 1. The zero-order valence-electron chi connectivity index (χ0n) is 8.05. The maximum Gasteiger partial charge on any atom is 0.131 e. The Morgan fingerprint density at radius 3 is 2.31 bits per heavy atom. The maximum absolute atomic E-state index is 13.0. The molecule has 0 aliphatic rings. The quantitative estimate of drug-likeness (QED) is 0.831. The normalized spacial score (nSPS) is 10.4. The van der Waals surface area contributed by atoms with E-state index in [1.807, 2.05) is 0 Å². The van der Waals surface area contributed by atoms with Gasteiger partial charge in [-0.3, -0.25) is 0 Å². The Labute approximate surface area is 95.7 Å². The number of aromatic nitrogens is 1. The Kier molecular flexibility index (Phi) is 2.75. The SMILES string of the molecule is Nc1ncc(Cl)cc1-c1cc(F)cc(F)c1. The van der Waals surface area contributed by atoms with Crippen LogP contribution in [0.3, 0.4) is 0 Å². The Morgan fingerprint density at radius 1 is 1.06 bits per heavy atom. The Balaban J connectivity index is 2.62. The largest absolute Gasteiger partial charge is 0.383 e. The highest BCUT2D eigenvalue weighted by molar-refractivity contribution is 6.30. The summed E-state index contributed by atoms with van der Waals surface area (Å²) >= 11 is 5.74. The average molecular weight is 241 g/mol. The zero-order chi connectivity index (χ0) is 11.7. The van der Waals surface area contributed by atoms with E-state index < -0.39 is 11.6 Å². The first-order valence-electron chi connectivity index (χ1n) is 4.44. The predicted molar refractivity (Wildman–Crippen MR) is 59.0 cm³/mol. The Hall–Kier alpha value is -1.68. The molecule has 0 aliphatic heterocycles. The summed E-state index contributed by atoms with van der Waals surface area (Å²) in [4.78, 5) is 3.82. The topological polar surface area (TPSA) is 38.9 Å². The molecule has 0 atom stereocenters. The summed E-state index contributed by atoms with van der Waals surface area (Å²) in [5.74, 6) is -1.17. The highest BCUT2D eigenvalue weighted by Gasteiger charge is 2.08. The van der Waals surface area contributed by atoms with E-state index in [2.05, 4.69) is 4.98 Å². The van der Waals surface area contributed by atoms with Crippen LogP contribution >= 0.6 is 11.6 Å². The van der Waals surface area contributed by atoms with E-state index >= 15 is 0 Å². The third kappa shape index (κ3) is 2.12. The van der Waals surface area contributed by atoms with Crippen molar-refractivity contribution < 1.29 is 8.78 Å². The molecule has 0 aliphatic carbocycles. The Bertz CT molecular complexity index is 523. The second-order valence-corrected chi connectivity index (χ2v) is 3.68. The number of nitrogen functional groups attached to an aromatic ring is 1. The van der Waals surface area contributed by atoms with Gasteiger partial charge in [0, 0.05) is 17.8 Å². The first-order valence-corrected chi connectivity index (χ1v) is 4.81. The third-order valence-electron chi connectivity index (χ3n) is 2.06. The molecule has 16 heavy (non-hydrogen) atoms. The van der Waals surface area contributed by atoms with Gasteiger partial charge >= 0.3 is 0 Å². The zero-order valence-corrected chi connectivity index (χ0v) is 8.80. The first kappa shape index (κ1) is 10.8. The van der Waals surface area contributed by atoms with Crippen LogP contribution < -0.4 is 5.73 Å². The fraction of sp³-hybridized carbons (Fsp3) is 0. The van der Waals surface area contributed by atoms with E-state index in [9.17, 15) is 8.78 Å². The number of hydrogen-bond donors (Lipinski definition) is 1. The molecular formula is C11H7ClF2N2. The number of rotatable bonds is 1. The van der Waals surface area contributed by atoms with E-state index in [1.165, 1.54) is 24.4 Å². The van der Waals surface area contributed by atoms with Gasteiger partial charge in [-0.25, -0.2) is 13.8 Å². The van der Waals surface area contributed by atoms with Crippen molar-refractivity contribution in [1.29, 1.82) is 0 Å². The molecule has 0 amide bonds. The number of anilines is 1. The molecule has 2 nitrogen and oxygen atoms in total. The van der Waals surface area contributed by atoms with Crippen LogP contribution in [-0.4, -0.2) is 4.98 Å². The van der Waals surface area contributed by atoms with Crippen LogP contribution in [0.5, 0.6) is 0 Å². The standard InChI is InChI=1S/C11H7ClF2N2/c12-7-3-10(11(15)16-5-7)6-1-8(13)4-9(14)2-6/h1-5H,(H2,15,16). The fourth-order valence-corrected chi connectivity index (χ4v) is 1.55. The minimum absolute atomic E-state index is 0.175. The maximum atomic E-state index is 13.0. The van der Waals surface area contributed by atoms with Gasteiger partial charge in [0.2, 0.25) is 0 Å². The summed E-state index contributed by atoms with van der Waals surface area (Å²) in [5, 5.41) is 0.355. The molecule has 82 valence electrons. The molecule has 2 aromatic rings. The van der Waals surface area contributed by atoms with Crippen LogP contribution in [0.4, 0.5) is 14.6 Å². The lowest BCUT2D eigenvalue weighted by Gasteiger charge is -2.05. The first-order chi connectivity index (χ1) is 7.56. The summed E-state index contributed by atoms with van der Waals surface area (Å²) in [6.45, 7) is 0. The molecule has 2 N–H and O–H groups in total. The number of nitrogens with two attached hydrogens (primary N) is 1. The molecule has 2 rings (SSSR count). The third-order valence-corrected chi connectivity index (χ3v) is 2.27. The summed E-state index contributed by atoms with van der Waals surface area (Å²) in [6.07, 6.45) is 1.37. The van der Waals surface area contributed by atoms with Crippen LogP contribution in [-0.2, 0) is 0 Å². The summed E-state index contributed by atoms with van der Waals surface area (Å²) in [6, 6.07) is 4.65. The molecule has 5 heteroatoms. The summed E-state index contributed by atoms with van der Waals surface area (Å²) in [5.41, 5.74) is 6.33. The number of nitrogens with zero attached hydrogens (tertiary/aromatic N) is 1. The molecule has 0 saturated carbocycles. The molecule has 0 bridgehead atoms. The molecule has 0 fully saturated rings. The molecule has 0 unspecified atom stereocenters. The van der Waals surface area contributed by atoms with Crippen molar-refractivity contribution in [3.05, 3.63) is 47.1 Å². The smallest absolute Gasteiger partial charge is 0.131 e. The van der Waals surface area contributed by atoms with Crippen LogP contribution in [0, 0.1) is 11.6 Å². The minimum Gasteiger partial charge on any atom is -0.383 e. The van der Waals surface area contributed by atoms with Gasteiger partial charge in [-0.2, -0.15) is 0 Å².